The van der Waals surface area contributed by atoms with Gasteiger partial charge in [-0.3, -0.25) is 0 Å². The topological polar surface area (TPSA) is 53.7 Å². The van der Waals surface area contributed by atoms with E-state index < -0.39 is 0 Å². The first-order valence-electron chi connectivity index (χ1n) is 9.99. The predicted octanol–water partition coefficient (Wildman–Crippen LogP) is 6.10. The van der Waals surface area contributed by atoms with Gasteiger partial charge in [0.2, 0.25) is 0 Å². The smallest absolute Gasteiger partial charge is 0.163 e. The van der Waals surface area contributed by atoms with Crippen molar-refractivity contribution in [2.24, 2.45) is 0 Å². The summed E-state index contributed by atoms with van der Waals surface area (Å²) in [5, 5.41) is 0. The van der Waals surface area contributed by atoms with Gasteiger partial charge >= 0.3 is 69.4 Å². The number of hydrogen-bond acceptors (Lipinski definition) is 5. The van der Waals surface area contributed by atoms with Gasteiger partial charge in [0.1, 0.15) is 0 Å². The Balaban J connectivity index is -0.000000297. The molecule has 1 unspecified atom stereocenters. The molecule has 1 fully saturated rings. The fourth-order valence-corrected chi connectivity index (χ4v) is 2.07. The first-order valence-corrected chi connectivity index (χ1v) is 11.5. The van der Waals surface area contributed by atoms with Gasteiger partial charge in [-0.2, -0.15) is 0 Å². The van der Waals surface area contributed by atoms with E-state index in [0.717, 1.165) is 18.9 Å². The van der Waals surface area contributed by atoms with E-state index in [2.05, 4.69) is 18.8 Å². The summed E-state index contributed by atoms with van der Waals surface area (Å²) >= 11 is 1.70. The van der Waals surface area contributed by atoms with Crippen molar-refractivity contribution >= 4 is 0 Å². The molecule has 6 heteroatoms. The minimum Gasteiger partial charge on any atom is -0.379 e. The van der Waals surface area contributed by atoms with Gasteiger partial charge in [-0.05, 0) is 41.5 Å². The molecular weight excluding hydrogens is 540 g/mol. The first-order chi connectivity index (χ1) is 12.5. The van der Waals surface area contributed by atoms with Crippen LogP contribution in [0.1, 0.15) is 88.8 Å². The predicted molar refractivity (Wildman–Crippen MR) is 110 cm³/mol. The van der Waals surface area contributed by atoms with Crippen LogP contribution in [-0.4, -0.2) is 36.2 Å². The Hall–Kier alpha value is -0.0269. The molecule has 1 aliphatic rings. The molecule has 164 valence electrons. The maximum Gasteiger partial charge on any atom is 0.163 e. The van der Waals surface area contributed by atoms with Crippen LogP contribution in [0.25, 0.3) is 0 Å². The second-order valence-electron chi connectivity index (χ2n) is 6.49. The van der Waals surface area contributed by atoms with Crippen LogP contribution in [0.5, 0.6) is 0 Å². The molecule has 0 spiro atoms. The molecule has 0 amide bonds. The van der Waals surface area contributed by atoms with E-state index in [9.17, 15) is 0 Å². The zero-order chi connectivity index (χ0) is 22.1. The van der Waals surface area contributed by atoms with Crippen molar-refractivity contribution in [2.45, 2.75) is 104 Å². The normalized spacial score (nSPS) is 17.2. The van der Waals surface area contributed by atoms with Crippen LogP contribution in [-0.2, 0) is 17.3 Å². The zero-order valence-corrected chi connectivity index (χ0v) is 22.6. The van der Waals surface area contributed by atoms with Crippen LogP contribution in [0, 0.1) is 24.7 Å². The molecule has 0 bridgehead atoms. The van der Waals surface area contributed by atoms with Crippen LogP contribution >= 0.6 is 0 Å². The Kier molecular flexibility index (Phi) is 21.1. The van der Waals surface area contributed by atoms with Gasteiger partial charge in [-0.25, -0.2) is 0 Å². The number of aromatic nitrogens is 1. The van der Waals surface area contributed by atoms with Gasteiger partial charge in [0, 0.05) is 6.61 Å². The van der Waals surface area contributed by atoms with Crippen molar-refractivity contribution in [3.63, 3.8) is 0 Å². The molecule has 27 heavy (non-hydrogen) atoms. The number of oxazole rings is 1. The monoisotopic (exact) mass is 584 g/mol. The van der Waals surface area contributed by atoms with E-state index in [0.29, 0.717) is 6.10 Å². The number of ether oxygens (including phenoxy) is 3. The minimum atomic E-state index is -0.334. The molecular formula is C21H44AtNO4. The van der Waals surface area contributed by atoms with Crippen LogP contribution in [0.3, 0.4) is 0 Å². The zero-order valence-electron chi connectivity index (χ0n) is 19.7. The average molecular weight is 585 g/mol. The first kappa shape index (κ1) is 31.7. The second-order valence-corrected chi connectivity index (χ2v) is 10.2. The van der Waals surface area contributed by atoms with E-state index in [4.69, 9.17) is 18.6 Å². The molecule has 0 aliphatic carbocycles. The third kappa shape index (κ3) is 20.5. The summed E-state index contributed by atoms with van der Waals surface area (Å²) < 4.78 is 20.6. The third-order valence-electron chi connectivity index (χ3n) is 2.69. The van der Waals surface area contributed by atoms with E-state index in [1.165, 1.54) is 6.39 Å². The molecule has 0 aromatic carbocycles. The maximum absolute atomic E-state index is 5.33. The molecule has 1 atom stereocenters. The molecule has 2 rings (SSSR count). The molecule has 1 aromatic rings. The van der Waals surface area contributed by atoms with Gasteiger partial charge in [-0.15, -0.1) is 0 Å². The summed E-state index contributed by atoms with van der Waals surface area (Å²) in [4.78, 5) is 4.03. The molecule has 2 heterocycles. The number of nitrogens with zero attached hydrogens (tertiary/aromatic N) is 1. The summed E-state index contributed by atoms with van der Waals surface area (Å²) in [5.41, 5.74) is 1.03. The third-order valence-corrected chi connectivity index (χ3v) is 3.44. The van der Waals surface area contributed by atoms with Crippen LogP contribution in [0.15, 0.2) is 17.1 Å². The Morgan fingerprint density at radius 3 is 1.89 bits per heavy atom. The van der Waals surface area contributed by atoms with Gasteiger partial charge in [0.25, 0.3) is 0 Å². The minimum absolute atomic E-state index is 0.174. The average Bonchev–Trinajstić information content (AvgIpc) is 3.22. The van der Waals surface area contributed by atoms with E-state index in [1.54, 1.807) is 31.0 Å². The van der Waals surface area contributed by atoms with E-state index >= 15 is 0 Å². The Labute approximate surface area is 183 Å². The van der Waals surface area contributed by atoms with Gasteiger partial charge in [-0.1, -0.05) is 27.7 Å². The molecule has 1 saturated heterocycles. The molecule has 0 radical (unpaired) electrons. The number of hydrogen-bond donors (Lipinski definition) is 0. The quantitative estimate of drug-likeness (QED) is 0.430. The molecule has 0 saturated carbocycles. The standard InChI is InChI=1S/C6H8AtNO.C6H12O2.C5H12O.2C2H6/c1-6(2,7)5-3-9-4-8-5;1-5-4-7-6(2,3)8-5;1-4-6-5(2)3;2*1-2/h3-4H,1-2H3;5H,4H2,1-3H3;5H,4H2,1-3H3;2*1-2H3. The largest absolute Gasteiger partial charge is 0.379 e. The maximum atomic E-state index is 5.33. The van der Waals surface area contributed by atoms with E-state index in [1.807, 2.05) is 69.2 Å². The second kappa shape index (κ2) is 18.0. The summed E-state index contributed by atoms with van der Waals surface area (Å²) in [6, 6.07) is 0. The molecule has 1 aromatic heterocycles. The Morgan fingerprint density at radius 2 is 1.78 bits per heavy atom. The van der Waals surface area contributed by atoms with Crippen LogP contribution < -0.4 is 0 Å². The Bertz CT molecular complexity index is 401. The molecule has 0 N–H and O–H groups in total. The fraction of sp³-hybridized carbons (Fsp3) is 0.857. The fourth-order valence-electron chi connectivity index (χ4n) is 1.71. The molecule has 5 nitrogen and oxygen atoms in total. The van der Waals surface area contributed by atoms with E-state index in [-0.39, 0.29) is 15.0 Å². The van der Waals surface area contributed by atoms with Crippen molar-refractivity contribution in [3.8, 4) is 0 Å². The summed E-state index contributed by atoms with van der Waals surface area (Å²) in [5.74, 6) is -0.334. The molecule has 1 aliphatic heterocycles. The van der Waals surface area contributed by atoms with Crippen molar-refractivity contribution in [1.82, 2.24) is 4.98 Å². The van der Waals surface area contributed by atoms with Gasteiger partial charge in [0.05, 0.1) is 18.8 Å². The summed E-state index contributed by atoms with van der Waals surface area (Å²) in [6.07, 6.45) is 3.83. The van der Waals surface area contributed by atoms with Crippen molar-refractivity contribution in [2.75, 3.05) is 13.2 Å². The van der Waals surface area contributed by atoms with Crippen LogP contribution in [0.4, 0.5) is 0 Å². The Morgan fingerprint density at radius 1 is 1.26 bits per heavy atom. The SMILES string of the molecule is CC.CC.CC(C)([At])c1cocn1.CC1COC(C)(C)O1.CCOC(C)C. The number of rotatable bonds is 3. The van der Waals surface area contributed by atoms with Gasteiger partial charge < -0.3 is 14.2 Å². The summed E-state index contributed by atoms with van der Waals surface area (Å²) in [6.45, 7) is 25.7. The van der Waals surface area contributed by atoms with Crippen molar-refractivity contribution in [1.29, 1.82) is 0 Å². The van der Waals surface area contributed by atoms with Crippen molar-refractivity contribution in [3.05, 3.63) is 18.4 Å². The van der Waals surface area contributed by atoms with Crippen molar-refractivity contribution < 1.29 is 43.3 Å². The summed E-state index contributed by atoms with van der Waals surface area (Å²) in [7, 11) is 0. The van der Waals surface area contributed by atoms with Gasteiger partial charge in [0.15, 0.2) is 5.79 Å². The van der Waals surface area contributed by atoms with Crippen LogP contribution in [0.2, 0.25) is 0 Å².